The lowest BCUT2D eigenvalue weighted by Crippen LogP contribution is -2.42. The smallest absolute Gasteiger partial charge is 0.269 e. The molecule has 1 fully saturated rings. The molecule has 2 aromatic carbocycles. The summed E-state index contributed by atoms with van der Waals surface area (Å²) in [5.41, 5.74) is 6.02. The Morgan fingerprint density at radius 1 is 1.06 bits per heavy atom. The van der Waals surface area contributed by atoms with E-state index in [1.807, 2.05) is 0 Å². The number of morpholine rings is 1. The lowest BCUT2D eigenvalue weighted by atomic mass is 10.1. The molecule has 0 spiro atoms. The van der Waals surface area contributed by atoms with E-state index >= 15 is 0 Å². The molecule has 2 amide bonds. The summed E-state index contributed by atoms with van der Waals surface area (Å²) in [4.78, 5) is 24.9. The van der Waals surface area contributed by atoms with Crippen molar-refractivity contribution in [3.8, 4) is 5.75 Å². The number of sulfonamides is 1. The number of hydrazine groups is 1. The number of hydrogen-bond acceptors (Lipinski definition) is 7. The van der Waals surface area contributed by atoms with Crippen LogP contribution in [0.5, 0.6) is 5.75 Å². The average molecular weight is 496 g/mol. The van der Waals surface area contributed by atoms with Crippen molar-refractivity contribution in [2.45, 2.75) is 17.9 Å². The van der Waals surface area contributed by atoms with Crippen LogP contribution in [0.4, 0.5) is 0 Å². The van der Waals surface area contributed by atoms with E-state index in [-0.39, 0.29) is 36.8 Å². The standard InChI is InChI=1S/C21H22ClN3O7S/c22-17-8-15(20-16(9-17)12-31-13-32-20)11-19(26)23-24-21(27)14-2-1-3-18(10-14)33(28,29)25-4-6-30-7-5-25/h1-3,8-10H,4-7,11-13H2,(H,23,26)(H,24,27). The average Bonchev–Trinajstić information content (AvgIpc) is 2.83. The van der Waals surface area contributed by atoms with Gasteiger partial charge in [0.25, 0.3) is 5.91 Å². The number of nitrogens with one attached hydrogen (secondary N) is 2. The Labute approximate surface area is 195 Å². The van der Waals surface area contributed by atoms with Gasteiger partial charge in [-0.2, -0.15) is 4.31 Å². The molecule has 1 saturated heterocycles. The summed E-state index contributed by atoms with van der Waals surface area (Å²) in [7, 11) is -3.75. The Hall–Kier alpha value is -2.70. The molecular weight excluding hydrogens is 474 g/mol. The first-order valence-electron chi connectivity index (χ1n) is 10.1. The van der Waals surface area contributed by atoms with Gasteiger partial charge in [0.1, 0.15) is 5.75 Å². The van der Waals surface area contributed by atoms with E-state index in [1.54, 1.807) is 12.1 Å². The summed E-state index contributed by atoms with van der Waals surface area (Å²) in [6.45, 7) is 1.53. The van der Waals surface area contributed by atoms with Crippen molar-refractivity contribution in [1.82, 2.24) is 15.2 Å². The van der Waals surface area contributed by atoms with Gasteiger partial charge >= 0.3 is 0 Å². The molecule has 0 unspecified atom stereocenters. The second kappa shape index (κ2) is 10.1. The van der Waals surface area contributed by atoms with Gasteiger partial charge in [-0.1, -0.05) is 17.7 Å². The zero-order valence-corrected chi connectivity index (χ0v) is 19.1. The third kappa shape index (κ3) is 5.45. The number of carbonyl (C=O) groups is 2. The summed E-state index contributed by atoms with van der Waals surface area (Å²) in [6, 6.07) is 8.95. The molecular formula is C21H22ClN3O7S. The Morgan fingerprint density at radius 2 is 1.85 bits per heavy atom. The van der Waals surface area contributed by atoms with E-state index in [9.17, 15) is 18.0 Å². The van der Waals surface area contributed by atoms with Gasteiger partial charge < -0.3 is 14.2 Å². The molecule has 0 atom stereocenters. The Bertz CT molecular complexity index is 1170. The van der Waals surface area contributed by atoms with Crippen molar-refractivity contribution in [2.75, 3.05) is 33.1 Å². The molecule has 0 bridgehead atoms. The van der Waals surface area contributed by atoms with Crippen LogP contribution in [-0.4, -0.2) is 57.6 Å². The molecule has 4 rings (SSSR count). The lowest BCUT2D eigenvalue weighted by molar-refractivity contribution is -0.121. The molecule has 2 aliphatic rings. The second-order valence-corrected chi connectivity index (χ2v) is 9.76. The fourth-order valence-corrected chi connectivity index (χ4v) is 5.26. The maximum atomic E-state index is 12.8. The van der Waals surface area contributed by atoms with E-state index in [0.29, 0.717) is 36.2 Å². The Kier molecular flexibility index (Phi) is 7.15. The van der Waals surface area contributed by atoms with E-state index in [1.165, 1.54) is 28.6 Å². The summed E-state index contributed by atoms with van der Waals surface area (Å²) in [5.74, 6) is -0.617. The monoisotopic (exact) mass is 495 g/mol. The predicted molar refractivity (Wildman–Crippen MR) is 117 cm³/mol. The number of ether oxygens (including phenoxy) is 3. The zero-order chi connectivity index (χ0) is 23.4. The van der Waals surface area contributed by atoms with Crippen LogP contribution in [0.3, 0.4) is 0 Å². The molecule has 12 heteroatoms. The Morgan fingerprint density at radius 3 is 2.64 bits per heavy atom. The van der Waals surface area contributed by atoms with Crippen LogP contribution >= 0.6 is 11.6 Å². The van der Waals surface area contributed by atoms with Crippen LogP contribution < -0.4 is 15.6 Å². The highest BCUT2D eigenvalue weighted by Gasteiger charge is 2.27. The minimum absolute atomic E-state index is 0.00620. The summed E-state index contributed by atoms with van der Waals surface area (Å²) < 4.78 is 42.8. The maximum Gasteiger partial charge on any atom is 0.269 e. The molecule has 0 aromatic heterocycles. The highest BCUT2D eigenvalue weighted by Crippen LogP contribution is 2.31. The van der Waals surface area contributed by atoms with Crippen molar-refractivity contribution in [3.05, 3.63) is 58.1 Å². The summed E-state index contributed by atoms with van der Waals surface area (Å²) in [5, 5.41) is 0.438. The fraction of sp³-hybridized carbons (Fsp3) is 0.333. The van der Waals surface area contributed by atoms with Gasteiger partial charge in [-0.15, -0.1) is 0 Å². The SMILES string of the molecule is O=C(Cc1cc(Cl)cc2c1OCOC2)NNC(=O)c1cccc(S(=O)(=O)N2CCOCC2)c1. The maximum absolute atomic E-state index is 12.8. The van der Waals surface area contributed by atoms with Crippen molar-refractivity contribution >= 4 is 33.4 Å². The van der Waals surface area contributed by atoms with Crippen LogP contribution in [0.15, 0.2) is 41.3 Å². The molecule has 0 saturated carbocycles. The number of halogens is 1. The largest absolute Gasteiger partial charge is 0.467 e. The van der Waals surface area contributed by atoms with Crippen molar-refractivity contribution in [3.63, 3.8) is 0 Å². The number of carbonyl (C=O) groups excluding carboxylic acids is 2. The van der Waals surface area contributed by atoms with Crippen LogP contribution in [0.1, 0.15) is 21.5 Å². The van der Waals surface area contributed by atoms with Gasteiger partial charge in [0.15, 0.2) is 6.79 Å². The first-order valence-corrected chi connectivity index (χ1v) is 12.0. The zero-order valence-electron chi connectivity index (χ0n) is 17.5. The topological polar surface area (TPSA) is 123 Å². The van der Waals surface area contributed by atoms with Gasteiger partial charge in [0.05, 0.1) is 31.1 Å². The molecule has 2 heterocycles. The van der Waals surface area contributed by atoms with E-state index in [2.05, 4.69) is 10.9 Å². The van der Waals surface area contributed by atoms with Crippen LogP contribution in [0.25, 0.3) is 0 Å². The van der Waals surface area contributed by atoms with Crippen LogP contribution in [-0.2, 0) is 37.3 Å². The molecule has 33 heavy (non-hydrogen) atoms. The molecule has 0 radical (unpaired) electrons. The number of rotatable bonds is 5. The first-order chi connectivity index (χ1) is 15.8. The van der Waals surface area contributed by atoms with Crippen LogP contribution in [0, 0.1) is 0 Å². The molecule has 10 nitrogen and oxygen atoms in total. The molecule has 2 aromatic rings. The molecule has 2 N–H and O–H groups in total. The summed E-state index contributed by atoms with van der Waals surface area (Å²) >= 11 is 6.11. The first kappa shape index (κ1) is 23.5. The van der Waals surface area contributed by atoms with Crippen molar-refractivity contribution in [1.29, 1.82) is 0 Å². The number of benzene rings is 2. The minimum Gasteiger partial charge on any atom is -0.467 e. The highest BCUT2D eigenvalue weighted by molar-refractivity contribution is 7.89. The van der Waals surface area contributed by atoms with Crippen LogP contribution in [0.2, 0.25) is 5.02 Å². The number of fused-ring (bicyclic) bond motifs is 1. The quantitative estimate of drug-likeness (QED) is 0.598. The second-order valence-electron chi connectivity index (χ2n) is 7.39. The number of hydrogen-bond donors (Lipinski definition) is 2. The fourth-order valence-electron chi connectivity index (χ4n) is 3.54. The highest BCUT2D eigenvalue weighted by atomic mass is 35.5. The predicted octanol–water partition coefficient (Wildman–Crippen LogP) is 1.23. The van der Waals surface area contributed by atoms with E-state index in [0.717, 1.165) is 5.56 Å². The van der Waals surface area contributed by atoms with Gasteiger partial charge in [-0.25, -0.2) is 8.42 Å². The third-order valence-corrected chi connectivity index (χ3v) is 7.24. The van der Waals surface area contributed by atoms with Crippen molar-refractivity contribution < 1.29 is 32.2 Å². The van der Waals surface area contributed by atoms with E-state index in [4.69, 9.17) is 25.8 Å². The molecule has 176 valence electrons. The van der Waals surface area contributed by atoms with Gasteiger partial charge in [-0.3, -0.25) is 20.4 Å². The minimum atomic E-state index is -3.75. The lowest BCUT2D eigenvalue weighted by Gasteiger charge is -2.26. The van der Waals surface area contributed by atoms with Gasteiger partial charge in [0, 0.05) is 34.8 Å². The van der Waals surface area contributed by atoms with E-state index < -0.39 is 21.8 Å². The number of nitrogens with zero attached hydrogens (tertiary/aromatic N) is 1. The van der Waals surface area contributed by atoms with Gasteiger partial charge in [-0.05, 0) is 30.3 Å². The normalized spacial score (nSPS) is 16.4. The Balaban J connectivity index is 1.40. The molecule has 2 aliphatic heterocycles. The third-order valence-electron chi connectivity index (χ3n) is 5.12. The van der Waals surface area contributed by atoms with Crippen molar-refractivity contribution in [2.24, 2.45) is 0 Å². The molecule has 0 aliphatic carbocycles. The number of amides is 2. The van der Waals surface area contributed by atoms with Gasteiger partial charge in [0.2, 0.25) is 15.9 Å². The summed E-state index contributed by atoms with van der Waals surface area (Å²) in [6.07, 6.45) is -0.0887.